The summed E-state index contributed by atoms with van der Waals surface area (Å²) in [4.78, 5) is 12.9. The fourth-order valence-corrected chi connectivity index (χ4v) is 3.40. The summed E-state index contributed by atoms with van der Waals surface area (Å²) in [5, 5.41) is 10.7. The highest BCUT2D eigenvalue weighted by Gasteiger charge is 2.30. The van der Waals surface area contributed by atoms with Crippen LogP contribution in [-0.4, -0.2) is 10.9 Å². The maximum absolute atomic E-state index is 13.6. The van der Waals surface area contributed by atoms with E-state index in [-0.39, 0.29) is 23.4 Å². The Labute approximate surface area is 152 Å². The third-order valence-corrected chi connectivity index (χ3v) is 5.21. The van der Waals surface area contributed by atoms with Crippen LogP contribution in [0.15, 0.2) is 42.2 Å². The Hall–Kier alpha value is -2.49. The number of benzene rings is 2. The number of aliphatic hydroxyl groups is 1. The van der Waals surface area contributed by atoms with Crippen molar-refractivity contribution in [2.45, 2.75) is 33.6 Å². The highest BCUT2D eigenvalue weighted by atomic mass is 19.2. The van der Waals surface area contributed by atoms with E-state index in [1.165, 1.54) is 6.07 Å². The van der Waals surface area contributed by atoms with Gasteiger partial charge >= 0.3 is 0 Å². The van der Waals surface area contributed by atoms with E-state index >= 15 is 0 Å². The normalized spacial score (nSPS) is 21.0. The number of carbonyl (C=O) groups is 1. The molecule has 1 aliphatic rings. The molecule has 2 nitrogen and oxygen atoms in total. The molecule has 0 amide bonds. The second kappa shape index (κ2) is 7.02. The first-order valence-corrected chi connectivity index (χ1v) is 8.83. The van der Waals surface area contributed by atoms with E-state index < -0.39 is 11.6 Å². The van der Waals surface area contributed by atoms with Crippen LogP contribution in [0.4, 0.5) is 8.78 Å². The Balaban J connectivity index is 2.16. The molecule has 2 aromatic rings. The molecule has 0 saturated carbocycles. The van der Waals surface area contributed by atoms with Gasteiger partial charge in [-0.15, -0.1) is 0 Å². The lowest BCUT2D eigenvalue weighted by Gasteiger charge is -2.16. The standard InChI is InChI=1S/C22H22F2O2/c1-12-6-7-15(16-8-9-18(23)19(24)11-16)10-17(12)20-21(25)13(2)4-5-14(3)22(20)26/h6-11,13-14,25H,4-5H2,1-3H3/t13?,14-/m0/s1. The Kier molecular flexibility index (Phi) is 4.94. The number of allylic oxidation sites excluding steroid dienone is 2. The lowest BCUT2D eigenvalue weighted by atomic mass is 9.88. The largest absolute Gasteiger partial charge is 0.511 e. The number of aryl methyl sites for hydroxylation is 1. The van der Waals surface area contributed by atoms with E-state index in [0.717, 1.165) is 30.5 Å². The van der Waals surface area contributed by atoms with Crippen molar-refractivity contribution in [2.75, 3.05) is 0 Å². The van der Waals surface area contributed by atoms with Crippen molar-refractivity contribution in [3.05, 3.63) is 64.9 Å². The number of hydrogen-bond donors (Lipinski definition) is 1. The summed E-state index contributed by atoms with van der Waals surface area (Å²) >= 11 is 0. The van der Waals surface area contributed by atoms with Gasteiger partial charge in [-0.3, -0.25) is 4.79 Å². The summed E-state index contributed by atoms with van der Waals surface area (Å²) in [6, 6.07) is 9.13. The fourth-order valence-electron chi connectivity index (χ4n) is 3.40. The maximum atomic E-state index is 13.6. The minimum atomic E-state index is -0.917. The molecule has 0 heterocycles. The average Bonchev–Trinajstić information content (AvgIpc) is 2.71. The number of Topliss-reactive ketones (excluding diaryl/α,β-unsaturated/α-hetero) is 1. The van der Waals surface area contributed by atoms with Crippen LogP contribution in [0.25, 0.3) is 16.7 Å². The molecule has 1 aliphatic carbocycles. The molecule has 136 valence electrons. The van der Waals surface area contributed by atoms with E-state index in [1.54, 1.807) is 12.1 Å². The molecule has 3 rings (SSSR count). The van der Waals surface area contributed by atoms with Gasteiger partial charge in [0.1, 0.15) is 5.76 Å². The number of rotatable bonds is 2. The summed E-state index contributed by atoms with van der Waals surface area (Å²) in [6.07, 6.45) is 1.49. The number of halogens is 2. The van der Waals surface area contributed by atoms with Crippen LogP contribution in [0.2, 0.25) is 0 Å². The summed E-state index contributed by atoms with van der Waals surface area (Å²) < 4.78 is 26.8. The Morgan fingerprint density at radius 1 is 0.923 bits per heavy atom. The Morgan fingerprint density at radius 3 is 2.23 bits per heavy atom. The monoisotopic (exact) mass is 356 g/mol. The van der Waals surface area contributed by atoms with Crippen molar-refractivity contribution in [2.24, 2.45) is 11.8 Å². The van der Waals surface area contributed by atoms with Gasteiger partial charge in [0.2, 0.25) is 0 Å². The van der Waals surface area contributed by atoms with Gasteiger partial charge in [-0.25, -0.2) is 8.78 Å². The van der Waals surface area contributed by atoms with E-state index in [1.807, 2.05) is 26.8 Å². The van der Waals surface area contributed by atoms with Crippen LogP contribution in [0.1, 0.15) is 37.8 Å². The second-order valence-electron chi connectivity index (χ2n) is 7.16. The third-order valence-electron chi connectivity index (χ3n) is 5.21. The second-order valence-corrected chi connectivity index (χ2v) is 7.16. The van der Waals surface area contributed by atoms with Gasteiger partial charge in [0, 0.05) is 11.8 Å². The molecule has 2 aromatic carbocycles. The third kappa shape index (κ3) is 3.28. The molecule has 26 heavy (non-hydrogen) atoms. The average molecular weight is 356 g/mol. The van der Waals surface area contributed by atoms with E-state index in [2.05, 4.69) is 0 Å². The first-order chi connectivity index (χ1) is 12.3. The highest BCUT2D eigenvalue weighted by Crippen LogP contribution is 2.36. The zero-order valence-electron chi connectivity index (χ0n) is 15.1. The van der Waals surface area contributed by atoms with Gasteiger partial charge in [-0.05, 0) is 60.2 Å². The SMILES string of the molecule is Cc1ccc(-c2ccc(F)c(F)c2)cc1C1=C(O)C(C)CC[C@H](C)C1=O. The smallest absolute Gasteiger partial charge is 0.169 e. The van der Waals surface area contributed by atoms with E-state index in [4.69, 9.17) is 0 Å². The van der Waals surface area contributed by atoms with Crippen LogP contribution < -0.4 is 0 Å². The summed E-state index contributed by atoms with van der Waals surface area (Å²) in [6.45, 7) is 5.66. The predicted molar refractivity (Wildman–Crippen MR) is 98.6 cm³/mol. The zero-order valence-corrected chi connectivity index (χ0v) is 15.1. The minimum Gasteiger partial charge on any atom is -0.511 e. The molecule has 0 aromatic heterocycles. The van der Waals surface area contributed by atoms with Crippen molar-refractivity contribution in [3.63, 3.8) is 0 Å². The fraction of sp³-hybridized carbons (Fsp3) is 0.318. The molecule has 1 unspecified atom stereocenters. The number of ketones is 1. The lowest BCUT2D eigenvalue weighted by Crippen LogP contribution is -2.13. The molecule has 1 N–H and O–H groups in total. The summed E-state index contributed by atoms with van der Waals surface area (Å²) in [5.41, 5.74) is 3.04. The van der Waals surface area contributed by atoms with Gasteiger partial charge in [0.25, 0.3) is 0 Å². The topological polar surface area (TPSA) is 37.3 Å². The number of carbonyl (C=O) groups excluding carboxylic acids is 1. The van der Waals surface area contributed by atoms with Crippen LogP contribution in [-0.2, 0) is 4.79 Å². The molecule has 0 radical (unpaired) electrons. The van der Waals surface area contributed by atoms with Crippen molar-refractivity contribution in [1.82, 2.24) is 0 Å². The van der Waals surface area contributed by atoms with Gasteiger partial charge < -0.3 is 5.11 Å². The van der Waals surface area contributed by atoms with Gasteiger partial charge in [-0.1, -0.05) is 32.0 Å². The summed E-state index contributed by atoms with van der Waals surface area (Å²) in [7, 11) is 0. The van der Waals surface area contributed by atoms with E-state index in [0.29, 0.717) is 22.3 Å². The predicted octanol–water partition coefficient (Wildman–Crippen LogP) is 5.84. The first-order valence-electron chi connectivity index (χ1n) is 8.83. The number of hydrogen-bond acceptors (Lipinski definition) is 2. The minimum absolute atomic E-state index is 0.0719. The number of aliphatic hydroxyl groups excluding tert-OH is 1. The van der Waals surface area contributed by atoms with Gasteiger partial charge in [0.05, 0.1) is 5.57 Å². The summed E-state index contributed by atoms with van der Waals surface area (Å²) in [5.74, 6) is -2.03. The van der Waals surface area contributed by atoms with Gasteiger partial charge in [0.15, 0.2) is 17.4 Å². The Bertz CT molecular complexity index is 899. The van der Waals surface area contributed by atoms with Crippen molar-refractivity contribution >= 4 is 11.4 Å². The van der Waals surface area contributed by atoms with Crippen molar-refractivity contribution in [3.8, 4) is 11.1 Å². The molecule has 0 aliphatic heterocycles. The highest BCUT2D eigenvalue weighted by molar-refractivity contribution is 6.23. The quantitative estimate of drug-likeness (QED) is 0.733. The van der Waals surface area contributed by atoms with Gasteiger partial charge in [-0.2, -0.15) is 0 Å². The van der Waals surface area contributed by atoms with Crippen LogP contribution >= 0.6 is 0 Å². The molecular weight excluding hydrogens is 334 g/mol. The maximum Gasteiger partial charge on any atom is 0.169 e. The molecule has 0 spiro atoms. The molecule has 4 heteroatoms. The van der Waals surface area contributed by atoms with Crippen molar-refractivity contribution < 1.29 is 18.7 Å². The first kappa shape index (κ1) is 18.3. The molecular formula is C22H22F2O2. The molecule has 0 saturated heterocycles. The molecule has 0 bridgehead atoms. The van der Waals surface area contributed by atoms with E-state index in [9.17, 15) is 18.7 Å². The zero-order chi connectivity index (χ0) is 19.0. The molecule has 0 fully saturated rings. The Morgan fingerprint density at radius 2 is 1.54 bits per heavy atom. The van der Waals surface area contributed by atoms with Crippen molar-refractivity contribution in [1.29, 1.82) is 0 Å². The van der Waals surface area contributed by atoms with Crippen LogP contribution in [0.3, 0.4) is 0 Å². The molecule has 2 atom stereocenters. The van der Waals surface area contributed by atoms with Crippen LogP contribution in [0.5, 0.6) is 0 Å². The van der Waals surface area contributed by atoms with Crippen LogP contribution in [0, 0.1) is 30.4 Å². The lowest BCUT2D eigenvalue weighted by molar-refractivity contribution is -0.116.